The number of amides is 1. The van der Waals surface area contributed by atoms with Crippen molar-refractivity contribution in [1.82, 2.24) is 20.3 Å². The number of pyridine rings is 1. The van der Waals surface area contributed by atoms with Crippen molar-refractivity contribution in [2.45, 2.75) is 26.8 Å². The van der Waals surface area contributed by atoms with Crippen LogP contribution in [0.25, 0.3) is 0 Å². The fourth-order valence-corrected chi connectivity index (χ4v) is 1.84. The van der Waals surface area contributed by atoms with Crippen molar-refractivity contribution >= 4 is 11.7 Å². The zero-order chi connectivity index (χ0) is 15.8. The fourth-order valence-electron chi connectivity index (χ4n) is 1.84. The largest absolute Gasteiger partial charge is 0.370 e. The lowest BCUT2D eigenvalue weighted by atomic mass is 10.1. The first kappa shape index (κ1) is 15.9. The van der Waals surface area contributed by atoms with Gasteiger partial charge in [0.1, 0.15) is 17.8 Å². The second-order valence-electron chi connectivity index (χ2n) is 5.44. The maximum Gasteiger partial charge on any atom is 0.270 e. The van der Waals surface area contributed by atoms with E-state index in [1.165, 1.54) is 6.33 Å². The monoisotopic (exact) mass is 299 g/mol. The molecular weight excluding hydrogens is 278 g/mol. The van der Waals surface area contributed by atoms with Gasteiger partial charge in [-0.15, -0.1) is 0 Å². The topological polar surface area (TPSA) is 79.8 Å². The number of carbonyl (C=O) groups is 1. The van der Waals surface area contributed by atoms with E-state index in [0.29, 0.717) is 24.0 Å². The second-order valence-corrected chi connectivity index (χ2v) is 5.44. The van der Waals surface area contributed by atoms with E-state index in [0.717, 1.165) is 18.5 Å². The molecule has 0 aliphatic heterocycles. The van der Waals surface area contributed by atoms with E-state index in [-0.39, 0.29) is 5.91 Å². The highest BCUT2D eigenvalue weighted by atomic mass is 16.1. The van der Waals surface area contributed by atoms with Gasteiger partial charge in [-0.05, 0) is 30.0 Å². The number of nitrogens with one attached hydrogen (secondary N) is 2. The number of rotatable bonds is 7. The van der Waals surface area contributed by atoms with Gasteiger partial charge in [-0.1, -0.05) is 13.8 Å². The average molecular weight is 299 g/mol. The lowest BCUT2D eigenvalue weighted by molar-refractivity contribution is 0.0946. The molecule has 2 N–H and O–H groups in total. The van der Waals surface area contributed by atoms with Crippen LogP contribution < -0.4 is 10.6 Å². The Kier molecular flexibility index (Phi) is 5.82. The van der Waals surface area contributed by atoms with E-state index in [2.05, 4.69) is 39.4 Å². The maximum atomic E-state index is 12.1. The van der Waals surface area contributed by atoms with E-state index in [4.69, 9.17) is 0 Å². The minimum atomic E-state index is -0.217. The van der Waals surface area contributed by atoms with Crippen LogP contribution in [0.5, 0.6) is 0 Å². The van der Waals surface area contributed by atoms with Crippen LogP contribution in [0.1, 0.15) is 36.3 Å². The molecule has 0 aliphatic rings. The lowest BCUT2D eigenvalue weighted by Crippen LogP contribution is -2.24. The molecule has 6 nitrogen and oxygen atoms in total. The molecule has 22 heavy (non-hydrogen) atoms. The molecule has 0 bridgehead atoms. The number of nitrogens with zero attached hydrogens (tertiary/aromatic N) is 3. The smallest absolute Gasteiger partial charge is 0.270 e. The molecule has 0 aliphatic carbocycles. The van der Waals surface area contributed by atoms with Gasteiger partial charge in [-0.3, -0.25) is 9.78 Å². The lowest BCUT2D eigenvalue weighted by Gasteiger charge is -2.09. The highest BCUT2D eigenvalue weighted by molar-refractivity contribution is 5.92. The Balaban J connectivity index is 1.89. The second kappa shape index (κ2) is 8.07. The van der Waals surface area contributed by atoms with Gasteiger partial charge >= 0.3 is 0 Å². The summed E-state index contributed by atoms with van der Waals surface area (Å²) >= 11 is 0. The van der Waals surface area contributed by atoms with Gasteiger partial charge in [0.05, 0.1) is 0 Å². The Labute approximate surface area is 130 Å². The molecule has 0 radical (unpaired) electrons. The zero-order valence-corrected chi connectivity index (χ0v) is 12.9. The van der Waals surface area contributed by atoms with Crippen LogP contribution in [0.2, 0.25) is 0 Å². The van der Waals surface area contributed by atoms with Gasteiger partial charge in [0.25, 0.3) is 5.91 Å². The first-order valence-electron chi connectivity index (χ1n) is 7.38. The van der Waals surface area contributed by atoms with Crippen LogP contribution in [0.3, 0.4) is 0 Å². The SMILES string of the molecule is CC(C)CCNc1cc(C(=O)NCc2ccncc2)ncn1. The normalized spacial score (nSPS) is 10.5. The van der Waals surface area contributed by atoms with Crippen LogP contribution >= 0.6 is 0 Å². The first-order chi connectivity index (χ1) is 10.6. The third kappa shape index (κ3) is 5.12. The minimum Gasteiger partial charge on any atom is -0.370 e. The van der Waals surface area contributed by atoms with Gasteiger partial charge in [0.15, 0.2) is 0 Å². The first-order valence-corrected chi connectivity index (χ1v) is 7.38. The molecule has 0 fully saturated rings. The molecule has 2 rings (SSSR count). The summed E-state index contributed by atoms with van der Waals surface area (Å²) in [6.45, 7) is 5.60. The van der Waals surface area contributed by atoms with Crippen LogP contribution in [0.15, 0.2) is 36.9 Å². The Hall–Kier alpha value is -2.50. The van der Waals surface area contributed by atoms with E-state index >= 15 is 0 Å². The summed E-state index contributed by atoms with van der Waals surface area (Å²) in [5.74, 6) is 1.08. The third-order valence-corrected chi connectivity index (χ3v) is 3.13. The van der Waals surface area contributed by atoms with Gasteiger partial charge < -0.3 is 10.6 Å². The summed E-state index contributed by atoms with van der Waals surface area (Å²) in [4.78, 5) is 24.2. The highest BCUT2D eigenvalue weighted by Gasteiger charge is 2.08. The van der Waals surface area contributed by atoms with Gasteiger partial charge in [-0.25, -0.2) is 9.97 Å². The predicted octanol–water partition coefficient (Wildman–Crippen LogP) is 2.26. The van der Waals surface area contributed by atoms with Crippen LogP contribution in [0, 0.1) is 5.92 Å². The van der Waals surface area contributed by atoms with Gasteiger partial charge in [0, 0.05) is 31.5 Å². The number of hydrogen-bond donors (Lipinski definition) is 2. The van der Waals surface area contributed by atoms with Crippen molar-refractivity contribution in [1.29, 1.82) is 0 Å². The Bertz CT molecular complexity index is 600. The van der Waals surface area contributed by atoms with Crippen LogP contribution in [0.4, 0.5) is 5.82 Å². The minimum absolute atomic E-state index is 0.217. The Morgan fingerprint density at radius 3 is 2.73 bits per heavy atom. The quantitative estimate of drug-likeness (QED) is 0.819. The highest BCUT2D eigenvalue weighted by Crippen LogP contribution is 2.06. The molecule has 2 aromatic heterocycles. The number of aromatic nitrogens is 3. The van der Waals surface area contributed by atoms with Crippen molar-refractivity contribution in [3.8, 4) is 0 Å². The summed E-state index contributed by atoms with van der Waals surface area (Å²) in [7, 11) is 0. The van der Waals surface area contributed by atoms with E-state index in [9.17, 15) is 4.79 Å². The van der Waals surface area contributed by atoms with E-state index < -0.39 is 0 Å². The zero-order valence-electron chi connectivity index (χ0n) is 12.9. The summed E-state index contributed by atoms with van der Waals surface area (Å²) < 4.78 is 0. The Morgan fingerprint density at radius 2 is 2.00 bits per heavy atom. The molecule has 0 aromatic carbocycles. The van der Waals surface area contributed by atoms with Gasteiger partial charge in [-0.2, -0.15) is 0 Å². The molecule has 116 valence electrons. The van der Waals surface area contributed by atoms with Crippen LogP contribution in [-0.4, -0.2) is 27.4 Å². The van der Waals surface area contributed by atoms with Gasteiger partial charge in [0.2, 0.25) is 0 Å². The Morgan fingerprint density at radius 1 is 1.23 bits per heavy atom. The summed E-state index contributed by atoms with van der Waals surface area (Å²) in [6, 6.07) is 5.39. The number of anilines is 1. The molecule has 0 saturated carbocycles. The molecule has 0 saturated heterocycles. The molecule has 1 amide bonds. The molecule has 0 spiro atoms. The van der Waals surface area contributed by atoms with Crippen molar-refractivity contribution in [2.24, 2.45) is 5.92 Å². The molecular formula is C16H21N5O. The van der Waals surface area contributed by atoms with E-state index in [1.807, 2.05) is 12.1 Å². The molecule has 0 unspecified atom stereocenters. The molecule has 2 aromatic rings. The standard InChI is InChI=1S/C16H21N5O/c1-12(2)3-8-18-15-9-14(20-11-21-15)16(22)19-10-13-4-6-17-7-5-13/h4-7,9,11-12H,3,8,10H2,1-2H3,(H,19,22)(H,18,20,21). The number of hydrogen-bond acceptors (Lipinski definition) is 5. The summed E-state index contributed by atoms with van der Waals surface area (Å²) in [5, 5.41) is 6.04. The maximum absolute atomic E-state index is 12.1. The molecule has 0 atom stereocenters. The van der Waals surface area contributed by atoms with Crippen molar-refractivity contribution in [3.63, 3.8) is 0 Å². The van der Waals surface area contributed by atoms with Crippen molar-refractivity contribution < 1.29 is 4.79 Å². The summed E-state index contributed by atoms with van der Waals surface area (Å²) in [6.07, 6.45) is 5.85. The van der Waals surface area contributed by atoms with Crippen LogP contribution in [-0.2, 0) is 6.54 Å². The third-order valence-electron chi connectivity index (χ3n) is 3.13. The molecule has 6 heteroatoms. The van der Waals surface area contributed by atoms with Crippen molar-refractivity contribution in [2.75, 3.05) is 11.9 Å². The fraction of sp³-hybridized carbons (Fsp3) is 0.375. The number of carbonyl (C=O) groups excluding carboxylic acids is 1. The molecule has 2 heterocycles. The predicted molar refractivity (Wildman–Crippen MR) is 85.4 cm³/mol. The van der Waals surface area contributed by atoms with Crippen molar-refractivity contribution in [3.05, 3.63) is 48.2 Å². The van der Waals surface area contributed by atoms with E-state index in [1.54, 1.807) is 18.5 Å². The summed E-state index contributed by atoms with van der Waals surface area (Å²) in [5.41, 5.74) is 1.35. The average Bonchev–Trinajstić information content (AvgIpc) is 2.53.